The second-order valence-corrected chi connectivity index (χ2v) is 4.54. The molecule has 2 unspecified atom stereocenters. The van der Waals surface area contributed by atoms with E-state index in [1.165, 1.54) is 13.4 Å². The van der Waals surface area contributed by atoms with Gasteiger partial charge in [0, 0.05) is 13.2 Å². The average Bonchev–Trinajstić information content (AvgIpc) is 3.04. The van der Waals surface area contributed by atoms with Gasteiger partial charge in [0.05, 0.1) is 25.3 Å². The maximum atomic E-state index is 11.2. The summed E-state index contributed by atoms with van der Waals surface area (Å²) in [5, 5.41) is 3.41. The van der Waals surface area contributed by atoms with Gasteiger partial charge in [0.15, 0.2) is 0 Å². The normalized spacial score (nSPS) is 23.2. The van der Waals surface area contributed by atoms with Crippen LogP contribution in [0.3, 0.4) is 0 Å². The smallest absolute Gasteiger partial charge is 0.341 e. The molecule has 1 N–H and O–H groups in total. The van der Waals surface area contributed by atoms with E-state index >= 15 is 0 Å². The van der Waals surface area contributed by atoms with E-state index in [0.29, 0.717) is 24.3 Å². The second-order valence-electron chi connectivity index (χ2n) is 4.54. The molecule has 0 aliphatic heterocycles. The molecule has 5 nitrogen and oxygen atoms in total. The molecule has 1 aliphatic rings. The van der Waals surface area contributed by atoms with Crippen LogP contribution in [0, 0.1) is 0 Å². The van der Waals surface area contributed by atoms with E-state index in [4.69, 9.17) is 9.15 Å². The zero-order valence-electron chi connectivity index (χ0n) is 10.8. The first-order valence-corrected chi connectivity index (χ1v) is 6.15. The highest BCUT2D eigenvalue weighted by atomic mass is 16.5. The zero-order valence-corrected chi connectivity index (χ0v) is 10.8. The number of ether oxygens (including phenoxy) is 2. The van der Waals surface area contributed by atoms with Crippen LogP contribution in [0.25, 0.3) is 0 Å². The lowest BCUT2D eigenvalue weighted by Crippen LogP contribution is -2.26. The van der Waals surface area contributed by atoms with Crippen molar-refractivity contribution in [2.24, 2.45) is 0 Å². The highest BCUT2D eigenvalue weighted by Gasteiger charge is 2.24. The van der Waals surface area contributed by atoms with Crippen LogP contribution >= 0.6 is 0 Å². The van der Waals surface area contributed by atoms with Crippen LogP contribution in [0.1, 0.15) is 35.4 Å². The monoisotopic (exact) mass is 253 g/mol. The summed E-state index contributed by atoms with van der Waals surface area (Å²) in [7, 11) is 3.11. The van der Waals surface area contributed by atoms with Crippen molar-refractivity contribution in [3.8, 4) is 0 Å². The van der Waals surface area contributed by atoms with Gasteiger partial charge in [0.1, 0.15) is 12.0 Å². The molecule has 1 heterocycles. The van der Waals surface area contributed by atoms with Crippen LogP contribution in [0.5, 0.6) is 0 Å². The Labute approximate surface area is 106 Å². The molecular formula is C13H19NO4. The summed E-state index contributed by atoms with van der Waals surface area (Å²) < 4.78 is 15.2. The fourth-order valence-corrected chi connectivity index (χ4v) is 2.28. The first-order chi connectivity index (χ1) is 8.72. The summed E-state index contributed by atoms with van der Waals surface area (Å²) in [6, 6.07) is 2.17. The fraction of sp³-hybridized carbons (Fsp3) is 0.615. The minimum absolute atomic E-state index is 0.365. The van der Waals surface area contributed by atoms with Gasteiger partial charge in [0.25, 0.3) is 0 Å². The maximum absolute atomic E-state index is 11.2. The van der Waals surface area contributed by atoms with Crippen molar-refractivity contribution in [3.05, 3.63) is 23.7 Å². The highest BCUT2D eigenvalue weighted by molar-refractivity contribution is 5.88. The quantitative estimate of drug-likeness (QED) is 0.810. The zero-order chi connectivity index (χ0) is 13.0. The van der Waals surface area contributed by atoms with E-state index in [2.05, 4.69) is 10.1 Å². The molecule has 0 spiro atoms. The van der Waals surface area contributed by atoms with E-state index in [1.54, 1.807) is 13.2 Å². The number of carbonyl (C=O) groups excluding carboxylic acids is 1. The van der Waals surface area contributed by atoms with Crippen LogP contribution in [0.4, 0.5) is 0 Å². The fourth-order valence-electron chi connectivity index (χ4n) is 2.28. The van der Waals surface area contributed by atoms with Crippen molar-refractivity contribution in [2.45, 2.75) is 38.0 Å². The van der Waals surface area contributed by atoms with Crippen molar-refractivity contribution in [1.29, 1.82) is 0 Å². The van der Waals surface area contributed by atoms with Gasteiger partial charge in [-0.3, -0.25) is 0 Å². The topological polar surface area (TPSA) is 60.7 Å². The molecule has 2 rings (SSSR count). The minimum atomic E-state index is -0.370. The molecule has 18 heavy (non-hydrogen) atoms. The van der Waals surface area contributed by atoms with E-state index in [-0.39, 0.29) is 5.97 Å². The Morgan fingerprint density at radius 2 is 2.33 bits per heavy atom. The Hall–Kier alpha value is -1.33. The van der Waals surface area contributed by atoms with Crippen molar-refractivity contribution in [3.63, 3.8) is 0 Å². The largest absolute Gasteiger partial charge is 0.467 e. The van der Waals surface area contributed by atoms with Gasteiger partial charge in [-0.15, -0.1) is 0 Å². The van der Waals surface area contributed by atoms with Gasteiger partial charge in [-0.25, -0.2) is 4.79 Å². The third-order valence-corrected chi connectivity index (χ3v) is 3.36. The molecule has 0 saturated heterocycles. The van der Waals surface area contributed by atoms with E-state index < -0.39 is 0 Å². The molecule has 1 saturated carbocycles. The summed E-state index contributed by atoms with van der Waals surface area (Å²) in [6.45, 7) is 0.623. The molecular weight excluding hydrogens is 234 g/mol. The SMILES string of the molecule is COC(=O)c1coc(CNC2CCC(OC)C2)c1. The Balaban J connectivity index is 1.80. The van der Waals surface area contributed by atoms with Crippen molar-refractivity contribution in [2.75, 3.05) is 14.2 Å². The molecule has 1 fully saturated rings. The van der Waals surface area contributed by atoms with Gasteiger partial charge in [0.2, 0.25) is 0 Å². The summed E-state index contributed by atoms with van der Waals surface area (Å²) in [6.07, 6.45) is 5.03. The van der Waals surface area contributed by atoms with Gasteiger partial charge in [-0.05, 0) is 25.3 Å². The summed E-state index contributed by atoms with van der Waals surface area (Å²) in [5.41, 5.74) is 0.454. The standard InChI is InChI=1S/C13H19NO4/c1-16-11-4-3-10(6-11)14-7-12-5-9(8-18-12)13(15)17-2/h5,8,10-11,14H,3-4,6-7H2,1-2H3. The van der Waals surface area contributed by atoms with E-state index in [1.807, 2.05) is 0 Å². The maximum Gasteiger partial charge on any atom is 0.341 e. The molecule has 100 valence electrons. The van der Waals surface area contributed by atoms with Gasteiger partial charge in [-0.1, -0.05) is 0 Å². The summed E-state index contributed by atoms with van der Waals surface area (Å²) in [5.74, 6) is 0.376. The lowest BCUT2D eigenvalue weighted by Gasteiger charge is -2.11. The molecule has 1 aromatic heterocycles. The van der Waals surface area contributed by atoms with Crippen LogP contribution < -0.4 is 5.32 Å². The molecule has 0 amide bonds. The first-order valence-electron chi connectivity index (χ1n) is 6.15. The number of hydrogen-bond donors (Lipinski definition) is 1. The van der Waals surface area contributed by atoms with Crippen molar-refractivity contribution >= 4 is 5.97 Å². The van der Waals surface area contributed by atoms with E-state index in [0.717, 1.165) is 25.0 Å². The van der Waals surface area contributed by atoms with Gasteiger partial charge >= 0.3 is 5.97 Å². The Bertz CT molecular complexity index is 401. The van der Waals surface area contributed by atoms with Crippen LogP contribution in [-0.2, 0) is 16.0 Å². The summed E-state index contributed by atoms with van der Waals surface area (Å²) in [4.78, 5) is 11.2. The van der Waals surface area contributed by atoms with Crippen LogP contribution in [-0.4, -0.2) is 32.3 Å². The number of esters is 1. The molecule has 0 aromatic carbocycles. The predicted octanol–water partition coefficient (Wildman–Crippen LogP) is 1.72. The average molecular weight is 253 g/mol. The summed E-state index contributed by atoms with van der Waals surface area (Å²) >= 11 is 0. The molecule has 1 aliphatic carbocycles. The van der Waals surface area contributed by atoms with E-state index in [9.17, 15) is 4.79 Å². The van der Waals surface area contributed by atoms with Crippen LogP contribution in [0.15, 0.2) is 16.7 Å². The highest BCUT2D eigenvalue weighted by Crippen LogP contribution is 2.21. The predicted molar refractivity (Wildman–Crippen MR) is 65.3 cm³/mol. The number of carbonyl (C=O) groups is 1. The third kappa shape index (κ3) is 3.11. The Morgan fingerprint density at radius 3 is 3.00 bits per heavy atom. The molecule has 5 heteroatoms. The van der Waals surface area contributed by atoms with Crippen molar-refractivity contribution < 1.29 is 18.7 Å². The van der Waals surface area contributed by atoms with Gasteiger partial charge in [-0.2, -0.15) is 0 Å². The lowest BCUT2D eigenvalue weighted by atomic mass is 10.2. The lowest BCUT2D eigenvalue weighted by molar-refractivity contribution is 0.0600. The molecule has 0 bridgehead atoms. The Kier molecular flexibility index (Phi) is 4.38. The Morgan fingerprint density at radius 1 is 1.50 bits per heavy atom. The van der Waals surface area contributed by atoms with Crippen molar-refractivity contribution in [1.82, 2.24) is 5.32 Å². The number of nitrogens with one attached hydrogen (secondary N) is 1. The number of methoxy groups -OCH3 is 2. The number of rotatable bonds is 5. The minimum Gasteiger partial charge on any atom is -0.467 e. The first kappa shape index (κ1) is 13.1. The second kappa shape index (κ2) is 6.02. The third-order valence-electron chi connectivity index (χ3n) is 3.36. The number of furan rings is 1. The van der Waals surface area contributed by atoms with Crippen LogP contribution in [0.2, 0.25) is 0 Å². The molecule has 1 aromatic rings. The van der Waals surface area contributed by atoms with Gasteiger partial charge < -0.3 is 19.2 Å². The molecule has 2 atom stereocenters. The number of hydrogen-bond acceptors (Lipinski definition) is 5. The molecule has 0 radical (unpaired) electrons.